The van der Waals surface area contributed by atoms with Crippen molar-refractivity contribution in [3.63, 3.8) is 0 Å². The largest absolute Gasteiger partial charge is 0.477 e. The van der Waals surface area contributed by atoms with Crippen molar-refractivity contribution in [3.8, 4) is 0 Å². The monoisotopic (exact) mass is 1920 g/mol. The summed E-state index contributed by atoms with van der Waals surface area (Å²) in [6.07, 6.45) is -93.0. The van der Waals surface area contributed by atoms with Gasteiger partial charge in [-0.05, 0) is 0 Å². The molecule has 131 heavy (non-hydrogen) atoms. The highest BCUT2D eigenvalue weighted by atomic mass is 16.8. The number of hydrogen-bond acceptors (Lipinski definition) is 53. The molecule has 48 unspecified atom stereocenters. The van der Waals surface area contributed by atoms with Gasteiger partial charge in [-0.25, -0.2) is 14.6 Å². The van der Waals surface area contributed by atoms with Gasteiger partial charge in [0, 0.05) is 45.4 Å². The summed E-state index contributed by atoms with van der Waals surface area (Å²) >= 11 is 0. The number of carboxylic acid groups (broad SMARTS) is 2. The molecule has 0 aliphatic carbocycles. The van der Waals surface area contributed by atoms with Crippen LogP contribution in [0.3, 0.4) is 0 Å². The first kappa shape index (κ1) is 107. The van der Waals surface area contributed by atoms with Crippen molar-refractivity contribution in [3.05, 3.63) is 0 Å². The molecule has 0 aromatic heterocycles. The Balaban J connectivity index is 0.842. The van der Waals surface area contributed by atoms with Gasteiger partial charge in [-0.1, -0.05) is 13.8 Å². The van der Waals surface area contributed by atoms with Crippen LogP contribution in [0.2, 0.25) is 0 Å². The summed E-state index contributed by atoms with van der Waals surface area (Å²) < 4.78 is 118. The SMILES string of the molecule is CC(=O)NC1C(OC2C(OCC3OC(OC4C(CO)OC5OC(C)=NC5C4O)C(O)C(OC4OC(CO)C(O)C(O)C4OC4OC(CO)C(OC5OC(COC6(C(=O)O)CC(O)C(C)C(CO)([C@H](O)CO)O6)C(O)C(O)C5O)C(O)C4NC(C)=O)C3O)OC(CO)C(O)C2O)OC(CO)C(OC2OC(COC3(C(=O)O)CC(O)C(C)C([C@H](O)[C@H](O)CO)O3)C(O)C(O)C2O)C1O. The first-order valence-corrected chi connectivity index (χ1v) is 41.9. The molecule has 0 aromatic rings. The minimum Gasteiger partial charge on any atom is -0.477 e. The van der Waals surface area contributed by atoms with Crippen LogP contribution < -0.4 is 10.6 Å². The molecule has 57 heteroatoms. The van der Waals surface area contributed by atoms with Gasteiger partial charge in [0.15, 0.2) is 49.9 Å². The van der Waals surface area contributed by atoms with E-state index >= 15 is 0 Å². The van der Waals surface area contributed by atoms with E-state index in [-0.39, 0.29) is 5.90 Å². The minimum atomic E-state index is -3.03. The highest BCUT2D eigenvalue weighted by molar-refractivity contribution is 5.77. The topological polar surface area (TPSA) is 896 Å². The third kappa shape index (κ3) is 22.1. The number of amides is 2. The number of aliphatic imine (C=N–C) groups is 1. The maximum atomic E-state index is 13.2. The maximum absolute atomic E-state index is 13.2. The molecular formula is C74H121N3O54. The molecule has 756 valence electrons. The first-order valence-electron chi connectivity index (χ1n) is 41.9. The lowest BCUT2D eigenvalue weighted by Crippen LogP contribution is -2.70. The van der Waals surface area contributed by atoms with Gasteiger partial charge < -0.3 is 259 Å². The number of carbonyl (C=O) groups is 4. The molecule has 51 atom stereocenters. The normalized spacial score (nSPS) is 48.8. The Morgan fingerprint density at radius 2 is 0.817 bits per heavy atom. The van der Waals surface area contributed by atoms with E-state index in [2.05, 4.69) is 15.6 Å². The Morgan fingerprint density at radius 3 is 1.27 bits per heavy atom. The Morgan fingerprint density at radius 1 is 0.420 bits per heavy atom. The number of fused-ring (bicyclic) bond motifs is 1. The van der Waals surface area contributed by atoms with Crippen molar-refractivity contribution in [2.24, 2.45) is 16.8 Å². The van der Waals surface area contributed by atoms with Gasteiger partial charge >= 0.3 is 11.9 Å². The molecule has 0 radical (unpaired) electrons. The van der Waals surface area contributed by atoms with E-state index in [9.17, 15) is 172 Å². The van der Waals surface area contributed by atoms with Crippen LogP contribution in [0.4, 0.5) is 0 Å². The fourth-order valence-corrected chi connectivity index (χ4v) is 17.6. The molecule has 10 saturated heterocycles. The number of aliphatic carboxylic acids is 2. The second-order valence-corrected chi connectivity index (χ2v) is 33.9. The molecule has 0 spiro atoms. The van der Waals surface area contributed by atoms with Crippen LogP contribution in [-0.4, -0.2) is 555 Å². The number of nitrogens with one attached hydrogen (secondary N) is 2. The van der Waals surface area contributed by atoms with E-state index < -0.39 is 420 Å². The van der Waals surface area contributed by atoms with Crippen LogP contribution in [0.15, 0.2) is 4.99 Å². The van der Waals surface area contributed by atoms with Crippen LogP contribution in [0.5, 0.6) is 0 Å². The highest BCUT2D eigenvalue weighted by Gasteiger charge is 2.65. The van der Waals surface area contributed by atoms with Crippen LogP contribution in [0.1, 0.15) is 47.5 Å². The smallest absolute Gasteiger partial charge is 0.364 e. The molecular weight excluding hydrogens is 1790 g/mol. The Hall–Kier alpha value is -4.53. The van der Waals surface area contributed by atoms with Crippen LogP contribution in [-0.2, 0) is 114 Å². The number of rotatable bonds is 36. The van der Waals surface area contributed by atoms with E-state index in [4.69, 9.17) is 94.7 Å². The Labute approximate surface area is 741 Å². The summed E-state index contributed by atoms with van der Waals surface area (Å²) in [6.45, 7) is -6.89. The van der Waals surface area contributed by atoms with E-state index in [0.29, 0.717) is 0 Å². The van der Waals surface area contributed by atoms with Crippen molar-refractivity contribution in [2.75, 3.05) is 72.7 Å². The molecule has 11 heterocycles. The summed E-state index contributed by atoms with van der Waals surface area (Å²) in [4.78, 5) is 56.3. The number of carboxylic acids is 2. The molecule has 11 rings (SSSR count). The number of ether oxygens (including phenoxy) is 20. The van der Waals surface area contributed by atoms with Crippen molar-refractivity contribution in [2.45, 2.75) is 347 Å². The fraction of sp³-hybridized carbons (Fsp3) is 0.932. The van der Waals surface area contributed by atoms with Gasteiger partial charge in [0.2, 0.25) is 18.1 Å². The number of hydrogen-bond donors (Lipinski definition) is 32. The van der Waals surface area contributed by atoms with Crippen molar-refractivity contribution in [1.82, 2.24) is 10.6 Å². The summed E-state index contributed by atoms with van der Waals surface area (Å²) in [5, 5.41) is 339. The molecule has 10 fully saturated rings. The fourth-order valence-electron chi connectivity index (χ4n) is 17.6. The second kappa shape index (κ2) is 44.7. The first-order chi connectivity index (χ1) is 61.8. The number of aliphatic hydroxyl groups is 28. The second-order valence-electron chi connectivity index (χ2n) is 33.9. The molecule has 57 nitrogen and oxygen atoms in total. The lowest BCUT2D eigenvalue weighted by Gasteiger charge is -2.52. The third-order valence-corrected chi connectivity index (χ3v) is 25.3. The molecule has 11 aliphatic rings. The number of nitrogens with zero attached hydrogens (tertiary/aromatic N) is 1. The quantitative estimate of drug-likeness (QED) is 0.0277. The van der Waals surface area contributed by atoms with Crippen molar-refractivity contribution in [1.29, 1.82) is 0 Å². The third-order valence-electron chi connectivity index (χ3n) is 25.3. The van der Waals surface area contributed by atoms with E-state index in [0.717, 1.165) is 13.8 Å². The van der Waals surface area contributed by atoms with Gasteiger partial charge in [0.1, 0.15) is 219 Å². The van der Waals surface area contributed by atoms with Gasteiger partial charge in [0.25, 0.3) is 11.6 Å². The molecule has 0 bridgehead atoms. The predicted octanol–water partition coefficient (Wildman–Crippen LogP) is -20.1. The zero-order valence-corrected chi connectivity index (χ0v) is 70.6. The van der Waals surface area contributed by atoms with Gasteiger partial charge in [-0.2, -0.15) is 0 Å². The highest BCUT2D eigenvalue weighted by Crippen LogP contribution is 2.46. The lowest BCUT2D eigenvalue weighted by molar-refractivity contribution is -0.398. The molecule has 0 aromatic carbocycles. The Kier molecular flexibility index (Phi) is 36.5. The summed E-state index contributed by atoms with van der Waals surface area (Å²) in [5.41, 5.74) is -2.42. The van der Waals surface area contributed by atoms with E-state index in [1.54, 1.807) is 0 Å². The predicted molar refractivity (Wildman–Crippen MR) is 403 cm³/mol. The van der Waals surface area contributed by atoms with Crippen molar-refractivity contribution < 1.29 is 267 Å². The molecule has 32 N–H and O–H groups in total. The Bertz CT molecular complexity index is 3710. The van der Waals surface area contributed by atoms with Crippen LogP contribution in [0, 0.1) is 11.8 Å². The number of carbonyl (C=O) groups excluding carboxylic acids is 2. The minimum absolute atomic E-state index is 0.00490. The van der Waals surface area contributed by atoms with Gasteiger partial charge in [-0.15, -0.1) is 0 Å². The average Bonchev–Trinajstić information content (AvgIpc) is 1.56. The summed E-state index contributed by atoms with van der Waals surface area (Å²) in [5.74, 6) is -14.3. The van der Waals surface area contributed by atoms with Gasteiger partial charge in [-0.3, -0.25) is 9.59 Å². The molecule has 0 saturated carbocycles. The van der Waals surface area contributed by atoms with Gasteiger partial charge in [0.05, 0.1) is 91.0 Å². The maximum Gasteiger partial charge on any atom is 0.364 e. The zero-order chi connectivity index (χ0) is 96.6. The lowest BCUT2D eigenvalue weighted by atomic mass is 9.75. The summed E-state index contributed by atoms with van der Waals surface area (Å²) in [7, 11) is 0. The number of aliphatic hydroxyl groups excluding tert-OH is 28. The summed E-state index contributed by atoms with van der Waals surface area (Å²) in [6, 6.07) is -5.39. The standard InChI is InChI=1S/C74H121N3O54/c1-19-24(88)6-73(70(108)109,130-55(19)39(92)26(90)8-78)113-16-33-42(95)48(101)52(105)65(122-33)124-56-30(12-82)119-63(36(45(56)98)75-21(3)86)128-60-50(103)40(93)27(9-79)116-68(60)112-15-32-44(97)59(54(107)67(121-32)126-58-29(11-81)118-62-38(47(58)100)77-23(5)115-62)127-69-61(51(104)41(94)28(10-80)117-69)129-64-37(76-22(4)87)46(99)57(31(13-83)120-64)125-66-53(106)49(102)43(96)34(123-66)17-114-74(71(110)111)7-25(89)20(2)72(18-85,131-74)35(91)14-84/h19-20,24-69,78-85,88-107H,6-18H2,1-5H3,(H,75,86)(H,76,87)(H,108,109)(H,110,111)/t19?,20?,24?,25?,26-,27?,28?,29?,30?,31?,32?,33?,34?,35-,36?,37?,38?,39-,40?,41?,42?,43?,44?,45?,46?,47?,48?,49?,50?,51?,52?,53?,54?,55?,56?,57?,58?,59?,60?,61?,62?,63?,64?,65?,66?,67?,68?,69?,72?,73?,74?/m1/s1. The van der Waals surface area contributed by atoms with Crippen LogP contribution >= 0.6 is 0 Å². The molecule has 11 aliphatic heterocycles. The zero-order valence-electron chi connectivity index (χ0n) is 70.6. The van der Waals surface area contributed by atoms with Crippen molar-refractivity contribution >= 4 is 29.7 Å². The van der Waals surface area contributed by atoms with E-state index in [1.165, 1.54) is 20.8 Å². The van der Waals surface area contributed by atoms with E-state index in [1.807, 2.05) is 0 Å². The van der Waals surface area contributed by atoms with Crippen LogP contribution in [0.25, 0.3) is 0 Å². The molecule has 2 amide bonds. The average molecular weight is 1920 g/mol.